The van der Waals surface area contributed by atoms with Gasteiger partial charge in [-0.3, -0.25) is 4.79 Å². The number of allylic oxidation sites excluding steroid dienone is 1. The van der Waals surface area contributed by atoms with Gasteiger partial charge in [-0.25, -0.2) is 4.79 Å². The summed E-state index contributed by atoms with van der Waals surface area (Å²) in [5, 5.41) is 0. The van der Waals surface area contributed by atoms with Gasteiger partial charge >= 0.3 is 5.97 Å². The smallest absolute Gasteiger partial charge is 0.344 e. The molecule has 3 rings (SSSR count). The van der Waals surface area contributed by atoms with Crippen molar-refractivity contribution in [1.29, 1.82) is 0 Å². The minimum Gasteiger partial charge on any atom is -0.493 e. The first-order chi connectivity index (χ1) is 12.6. The zero-order valence-electron chi connectivity index (χ0n) is 14.5. The number of hydrogen-bond acceptors (Lipinski definition) is 6. The lowest BCUT2D eigenvalue weighted by molar-refractivity contribution is -0.145. The van der Waals surface area contributed by atoms with Gasteiger partial charge in [-0.2, -0.15) is 0 Å². The van der Waals surface area contributed by atoms with Crippen LogP contribution in [0.2, 0.25) is 0 Å². The van der Waals surface area contributed by atoms with E-state index < -0.39 is 5.97 Å². The first-order valence-electron chi connectivity index (χ1n) is 8.12. The highest BCUT2D eigenvalue weighted by atomic mass is 32.2. The summed E-state index contributed by atoms with van der Waals surface area (Å²) in [5.41, 5.74) is 1.54. The van der Waals surface area contributed by atoms with Gasteiger partial charge in [0.1, 0.15) is 0 Å². The summed E-state index contributed by atoms with van der Waals surface area (Å²) in [6, 6.07) is 12.8. The van der Waals surface area contributed by atoms with E-state index in [2.05, 4.69) is 0 Å². The molecular weight excluding hydrogens is 352 g/mol. The predicted octanol–water partition coefficient (Wildman–Crippen LogP) is 3.97. The van der Waals surface area contributed by atoms with Gasteiger partial charge in [0.05, 0.1) is 18.6 Å². The molecule has 6 heteroatoms. The van der Waals surface area contributed by atoms with Crippen LogP contribution in [0, 0.1) is 0 Å². The van der Waals surface area contributed by atoms with Crippen molar-refractivity contribution in [3.63, 3.8) is 0 Å². The van der Waals surface area contributed by atoms with Crippen molar-refractivity contribution >= 4 is 29.6 Å². The maximum atomic E-state index is 12.5. The molecule has 5 nitrogen and oxygen atoms in total. The maximum Gasteiger partial charge on any atom is 0.344 e. The molecule has 0 aliphatic carbocycles. The van der Waals surface area contributed by atoms with Gasteiger partial charge in [0.2, 0.25) is 5.78 Å². The SMILES string of the molecule is CCOC(=O)COc1ccc(/C=C2\Sc3ccccc3C2=O)cc1OC. The number of carbonyl (C=O) groups is 2. The lowest BCUT2D eigenvalue weighted by Crippen LogP contribution is -2.14. The van der Waals surface area contributed by atoms with Crippen LogP contribution < -0.4 is 9.47 Å². The van der Waals surface area contributed by atoms with E-state index in [0.717, 1.165) is 16.0 Å². The molecule has 2 aromatic carbocycles. The monoisotopic (exact) mass is 370 g/mol. The lowest BCUT2D eigenvalue weighted by Gasteiger charge is -2.11. The fourth-order valence-corrected chi connectivity index (χ4v) is 3.57. The van der Waals surface area contributed by atoms with Crippen molar-refractivity contribution in [3.8, 4) is 11.5 Å². The van der Waals surface area contributed by atoms with E-state index in [1.807, 2.05) is 36.4 Å². The number of hydrogen-bond donors (Lipinski definition) is 0. The van der Waals surface area contributed by atoms with E-state index in [0.29, 0.717) is 23.0 Å². The van der Waals surface area contributed by atoms with E-state index in [1.165, 1.54) is 18.9 Å². The third kappa shape index (κ3) is 3.91. The highest BCUT2D eigenvalue weighted by Crippen LogP contribution is 2.41. The average molecular weight is 370 g/mol. The molecule has 26 heavy (non-hydrogen) atoms. The normalized spacial score (nSPS) is 14.2. The lowest BCUT2D eigenvalue weighted by atomic mass is 10.1. The molecule has 0 radical (unpaired) electrons. The molecule has 0 aromatic heterocycles. The standard InChI is InChI=1S/C20H18O5S/c1-3-24-19(21)12-25-15-9-8-13(10-16(15)23-2)11-18-20(22)14-6-4-5-7-17(14)26-18/h4-11H,3,12H2,1-2H3/b18-11-. The van der Waals surface area contributed by atoms with Gasteiger partial charge in [-0.1, -0.05) is 30.0 Å². The van der Waals surface area contributed by atoms with Crippen LogP contribution >= 0.6 is 11.8 Å². The van der Waals surface area contributed by atoms with Crippen molar-refractivity contribution in [2.24, 2.45) is 0 Å². The number of Topliss-reactive ketones (excluding diaryl/α,β-unsaturated/α-hetero) is 1. The second kappa shape index (κ2) is 8.10. The Kier molecular flexibility index (Phi) is 5.63. The summed E-state index contributed by atoms with van der Waals surface area (Å²) < 4.78 is 15.6. The molecule has 1 aliphatic rings. The van der Waals surface area contributed by atoms with Gasteiger partial charge in [-0.15, -0.1) is 0 Å². The molecule has 2 aromatic rings. The number of benzene rings is 2. The Morgan fingerprint density at radius 2 is 1.96 bits per heavy atom. The van der Waals surface area contributed by atoms with Crippen molar-refractivity contribution in [1.82, 2.24) is 0 Å². The van der Waals surface area contributed by atoms with E-state index in [4.69, 9.17) is 14.2 Å². The Morgan fingerprint density at radius 1 is 1.15 bits per heavy atom. The van der Waals surface area contributed by atoms with Crippen molar-refractivity contribution in [2.45, 2.75) is 11.8 Å². The Balaban J connectivity index is 1.78. The Bertz CT molecular complexity index is 872. The van der Waals surface area contributed by atoms with E-state index in [-0.39, 0.29) is 12.4 Å². The van der Waals surface area contributed by atoms with Crippen LogP contribution in [0.1, 0.15) is 22.8 Å². The summed E-state index contributed by atoms with van der Waals surface area (Å²) in [7, 11) is 1.52. The van der Waals surface area contributed by atoms with Crippen LogP contribution in [0.15, 0.2) is 52.3 Å². The molecule has 0 saturated carbocycles. The van der Waals surface area contributed by atoms with E-state index in [1.54, 1.807) is 19.1 Å². The number of methoxy groups -OCH3 is 1. The molecule has 0 N–H and O–H groups in total. The van der Waals surface area contributed by atoms with Gasteiger partial charge < -0.3 is 14.2 Å². The van der Waals surface area contributed by atoms with Crippen LogP contribution in [0.5, 0.6) is 11.5 Å². The number of fused-ring (bicyclic) bond motifs is 1. The molecule has 0 atom stereocenters. The van der Waals surface area contributed by atoms with Crippen molar-refractivity contribution in [3.05, 3.63) is 58.5 Å². The summed E-state index contributed by atoms with van der Waals surface area (Å²) in [6.07, 6.45) is 1.82. The zero-order chi connectivity index (χ0) is 18.5. The largest absolute Gasteiger partial charge is 0.493 e. The number of ketones is 1. The van der Waals surface area contributed by atoms with Crippen molar-refractivity contribution < 1.29 is 23.8 Å². The van der Waals surface area contributed by atoms with Crippen LogP contribution in [0.4, 0.5) is 0 Å². The van der Waals surface area contributed by atoms with Gasteiger partial charge in [0.15, 0.2) is 18.1 Å². The Hall–Kier alpha value is -2.73. The molecule has 0 amide bonds. The summed E-state index contributed by atoms with van der Waals surface area (Å²) in [4.78, 5) is 25.5. The summed E-state index contributed by atoms with van der Waals surface area (Å²) >= 11 is 1.45. The predicted molar refractivity (Wildman–Crippen MR) is 99.7 cm³/mol. The van der Waals surface area contributed by atoms with E-state index >= 15 is 0 Å². The molecule has 0 spiro atoms. The zero-order valence-corrected chi connectivity index (χ0v) is 15.3. The maximum absolute atomic E-state index is 12.5. The number of esters is 1. The minimum atomic E-state index is -0.438. The molecule has 0 saturated heterocycles. The topological polar surface area (TPSA) is 61.8 Å². The van der Waals surface area contributed by atoms with Gasteiger partial charge in [0.25, 0.3) is 0 Å². The molecule has 0 fully saturated rings. The highest BCUT2D eigenvalue weighted by molar-refractivity contribution is 8.04. The number of rotatable bonds is 6. The summed E-state index contributed by atoms with van der Waals surface area (Å²) in [6.45, 7) is 1.86. The van der Waals surface area contributed by atoms with Crippen molar-refractivity contribution in [2.75, 3.05) is 20.3 Å². The number of ether oxygens (including phenoxy) is 3. The Morgan fingerprint density at radius 3 is 2.69 bits per heavy atom. The average Bonchev–Trinajstić information content (AvgIpc) is 2.96. The fraction of sp³-hybridized carbons (Fsp3) is 0.200. The minimum absolute atomic E-state index is 0.0206. The highest BCUT2D eigenvalue weighted by Gasteiger charge is 2.25. The molecule has 134 valence electrons. The summed E-state index contributed by atoms with van der Waals surface area (Å²) in [5.74, 6) is 0.506. The third-order valence-corrected chi connectivity index (χ3v) is 4.81. The van der Waals surface area contributed by atoms with Crippen LogP contribution in [-0.2, 0) is 9.53 Å². The molecule has 1 heterocycles. The quantitative estimate of drug-likeness (QED) is 0.566. The Labute approximate surface area is 155 Å². The van der Waals surface area contributed by atoms with Crippen LogP contribution in [0.3, 0.4) is 0 Å². The molecule has 1 aliphatic heterocycles. The van der Waals surface area contributed by atoms with Gasteiger partial charge in [-0.05, 0) is 42.8 Å². The van der Waals surface area contributed by atoms with Crippen LogP contribution in [0.25, 0.3) is 6.08 Å². The number of carbonyl (C=O) groups excluding carboxylic acids is 2. The van der Waals surface area contributed by atoms with Gasteiger partial charge in [0, 0.05) is 10.5 Å². The molecule has 0 unspecified atom stereocenters. The van der Waals surface area contributed by atoms with Crippen LogP contribution in [-0.4, -0.2) is 32.1 Å². The second-order valence-corrected chi connectivity index (χ2v) is 6.52. The molecule has 0 bridgehead atoms. The molecular formula is C20H18O5S. The second-order valence-electron chi connectivity index (χ2n) is 5.44. The fourth-order valence-electron chi connectivity index (χ4n) is 2.52. The number of thioether (sulfide) groups is 1. The van der Waals surface area contributed by atoms with E-state index in [9.17, 15) is 9.59 Å². The third-order valence-electron chi connectivity index (χ3n) is 3.71. The first-order valence-corrected chi connectivity index (χ1v) is 8.93. The first kappa shape index (κ1) is 18.1.